The molecule has 0 amide bonds. The monoisotopic (exact) mass is 130 g/mol. The van der Waals surface area contributed by atoms with Gasteiger partial charge >= 0.3 is 5.97 Å². The zero-order chi connectivity index (χ0) is 6.69. The second kappa shape index (κ2) is 2.50. The number of carbonyl (C=O) groups is 1. The molecule has 1 unspecified atom stereocenters. The van der Waals surface area contributed by atoms with Crippen molar-refractivity contribution in [3.8, 4) is 0 Å². The first-order valence-corrected chi connectivity index (χ1v) is 2.48. The van der Waals surface area contributed by atoms with Crippen LogP contribution in [0.5, 0.6) is 0 Å². The Hall–Kier alpha value is -1.03. The van der Waals surface area contributed by atoms with Gasteiger partial charge in [0.05, 0.1) is 0 Å². The van der Waals surface area contributed by atoms with Crippen molar-refractivity contribution in [3.05, 3.63) is 12.3 Å². The van der Waals surface area contributed by atoms with Crippen LogP contribution in [-0.4, -0.2) is 17.7 Å². The minimum absolute atomic E-state index is 0.0891. The van der Waals surface area contributed by atoms with Crippen molar-refractivity contribution >= 4 is 5.97 Å². The van der Waals surface area contributed by atoms with E-state index in [0.717, 1.165) is 0 Å². The zero-order valence-electron chi connectivity index (χ0n) is 4.61. The molecule has 0 bridgehead atoms. The highest BCUT2D eigenvalue weighted by atomic mass is 17.2. The van der Waals surface area contributed by atoms with Crippen LogP contribution in [0.2, 0.25) is 0 Å². The average molecular weight is 130 g/mol. The molecule has 1 N–H and O–H groups in total. The maximum Gasteiger partial charge on any atom is 0.313 e. The highest BCUT2D eigenvalue weighted by molar-refractivity contribution is 5.72. The Kier molecular flexibility index (Phi) is 1.69. The van der Waals surface area contributed by atoms with Gasteiger partial charge in [-0.2, -0.15) is 4.89 Å². The average Bonchev–Trinajstić information content (AvgIpc) is 1.90. The van der Waals surface area contributed by atoms with Crippen molar-refractivity contribution in [3.63, 3.8) is 0 Å². The molecular weight excluding hydrogens is 124 g/mol. The van der Waals surface area contributed by atoms with Crippen LogP contribution in [-0.2, 0) is 14.6 Å². The predicted octanol–water partition coefficient (Wildman–Crippen LogP) is 0.163. The van der Waals surface area contributed by atoms with Crippen molar-refractivity contribution in [1.29, 1.82) is 0 Å². The molecule has 0 aromatic rings. The Morgan fingerprint density at radius 2 is 2.56 bits per heavy atom. The van der Waals surface area contributed by atoms with Crippen molar-refractivity contribution in [2.75, 3.05) is 6.61 Å². The summed E-state index contributed by atoms with van der Waals surface area (Å²) in [4.78, 5) is 18.8. The highest BCUT2D eigenvalue weighted by Crippen LogP contribution is 2.05. The molecule has 1 aliphatic heterocycles. The molecule has 0 spiro atoms. The molecule has 1 atom stereocenters. The maximum atomic E-state index is 10.2. The number of carboxylic acid groups (broad SMARTS) is 1. The lowest BCUT2D eigenvalue weighted by molar-refractivity contribution is -0.263. The van der Waals surface area contributed by atoms with E-state index in [1.54, 1.807) is 0 Å². The molecule has 1 rings (SSSR count). The van der Waals surface area contributed by atoms with E-state index < -0.39 is 11.9 Å². The molecule has 1 heterocycles. The maximum absolute atomic E-state index is 10.2. The van der Waals surface area contributed by atoms with Gasteiger partial charge in [-0.05, 0) is 6.08 Å². The molecule has 9 heavy (non-hydrogen) atoms. The normalized spacial score (nSPS) is 25.1. The number of hydrogen-bond donors (Lipinski definition) is 1. The van der Waals surface area contributed by atoms with Crippen LogP contribution in [0.15, 0.2) is 12.3 Å². The molecule has 1 aliphatic rings. The quantitative estimate of drug-likeness (QED) is 0.514. The minimum Gasteiger partial charge on any atom is -0.481 e. The van der Waals surface area contributed by atoms with Gasteiger partial charge in [-0.25, -0.2) is 0 Å². The van der Waals surface area contributed by atoms with Gasteiger partial charge in [-0.1, -0.05) is 0 Å². The largest absolute Gasteiger partial charge is 0.481 e. The van der Waals surface area contributed by atoms with E-state index in [2.05, 4.69) is 9.78 Å². The van der Waals surface area contributed by atoms with E-state index in [9.17, 15) is 4.79 Å². The first-order valence-electron chi connectivity index (χ1n) is 2.48. The molecule has 0 radical (unpaired) electrons. The number of rotatable bonds is 1. The molecule has 50 valence electrons. The summed E-state index contributed by atoms with van der Waals surface area (Å²) in [5.41, 5.74) is 0. The zero-order valence-corrected chi connectivity index (χ0v) is 4.61. The summed E-state index contributed by atoms with van der Waals surface area (Å²) in [6.45, 7) is 0.0891. The van der Waals surface area contributed by atoms with Crippen LogP contribution >= 0.6 is 0 Å². The summed E-state index contributed by atoms with van der Waals surface area (Å²) in [7, 11) is 0. The fourth-order valence-electron chi connectivity index (χ4n) is 0.488. The topological polar surface area (TPSA) is 55.8 Å². The first kappa shape index (κ1) is 6.10. The van der Waals surface area contributed by atoms with Crippen molar-refractivity contribution in [2.24, 2.45) is 5.92 Å². The minimum atomic E-state index is -0.894. The van der Waals surface area contributed by atoms with E-state index in [1.165, 1.54) is 12.3 Å². The number of hydrogen-bond acceptors (Lipinski definition) is 3. The highest BCUT2D eigenvalue weighted by Gasteiger charge is 2.17. The number of carboxylic acids is 1. The van der Waals surface area contributed by atoms with E-state index >= 15 is 0 Å². The Morgan fingerprint density at radius 1 is 1.78 bits per heavy atom. The van der Waals surface area contributed by atoms with Gasteiger partial charge in [0.2, 0.25) is 0 Å². The third-order valence-electron chi connectivity index (χ3n) is 0.999. The lowest BCUT2D eigenvalue weighted by Gasteiger charge is -2.10. The van der Waals surface area contributed by atoms with Crippen LogP contribution < -0.4 is 0 Å². The lowest BCUT2D eigenvalue weighted by Crippen LogP contribution is -2.19. The Labute approximate surface area is 51.6 Å². The Bertz CT molecular complexity index is 140. The fraction of sp³-hybridized carbons (Fsp3) is 0.400. The second-order valence-electron chi connectivity index (χ2n) is 1.65. The van der Waals surface area contributed by atoms with Crippen molar-refractivity contribution < 1.29 is 19.7 Å². The van der Waals surface area contributed by atoms with Crippen LogP contribution in [0.25, 0.3) is 0 Å². The molecule has 0 aromatic heterocycles. The molecular formula is C5H6O4. The molecule has 0 aliphatic carbocycles. The molecule has 0 saturated carbocycles. The second-order valence-corrected chi connectivity index (χ2v) is 1.65. The molecule has 0 fully saturated rings. The molecule has 0 saturated heterocycles. The van der Waals surface area contributed by atoms with Crippen LogP contribution in [0.4, 0.5) is 0 Å². The third-order valence-corrected chi connectivity index (χ3v) is 0.999. The van der Waals surface area contributed by atoms with Crippen molar-refractivity contribution in [1.82, 2.24) is 0 Å². The predicted molar refractivity (Wildman–Crippen MR) is 27.3 cm³/mol. The summed E-state index contributed by atoms with van der Waals surface area (Å²) < 4.78 is 0. The van der Waals surface area contributed by atoms with E-state index in [4.69, 9.17) is 5.11 Å². The van der Waals surface area contributed by atoms with Crippen LogP contribution in [0, 0.1) is 5.92 Å². The Morgan fingerprint density at radius 3 is 2.89 bits per heavy atom. The van der Waals surface area contributed by atoms with Gasteiger partial charge < -0.3 is 9.99 Å². The smallest absolute Gasteiger partial charge is 0.313 e. The first-order chi connectivity index (χ1) is 4.30. The van der Waals surface area contributed by atoms with E-state index in [0.29, 0.717) is 0 Å². The van der Waals surface area contributed by atoms with Crippen LogP contribution in [0.3, 0.4) is 0 Å². The third kappa shape index (κ3) is 1.43. The van der Waals surface area contributed by atoms with Gasteiger partial charge in [-0.15, -0.1) is 0 Å². The fourth-order valence-corrected chi connectivity index (χ4v) is 0.488. The van der Waals surface area contributed by atoms with E-state index in [1.807, 2.05) is 0 Å². The lowest BCUT2D eigenvalue weighted by atomic mass is 10.1. The van der Waals surface area contributed by atoms with Gasteiger partial charge in [0.1, 0.15) is 18.8 Å². The standard InChI is InChI=1S/C5H6O4/c6-5(7)4-1-2-8-9-3-4/h1-2,4H,3H2,(H,6,7). The summed E-state index contributed by atoms with van der Waals surface area (Å²) in [5.74, 6) is -1.45. The van der Waals surface area contributed by atoms with Crippen molar-refractivity contribution in [2.45, 2.75) is 0 Å². The molecule has 0 aromatic carbocycles. The number of aliphatic carboxylic acids is 1. The van der Waals surface area contributed by atoms with Crippen LogP contribution in [0.1, 0.15) is 0 Å². The van der Waals surface area contributed by atoms with Gasteiger partial charge in [0.25, 0.3) is 0 Å². The molecule has 4 nitrogen and oxygen atoms in total. The van der Waals surface area contributed by atoms with E-state index in [-0.39, 0.29) is 6.61 Å². The SMILES string of the molecule is O=C(O)C1C=COOC1. The summed E-state index contributed by atoms with van der Waals surface area (Å²) >= 11 is 0. The van der Waals surface area contributed by atoms with Gasteiger partial charge in [0.15, 0.2) is 0 Å². The summed E-state index contributed by atoms with van der Waals surface area (Å²) in [6, 6.07) is 0. The molecule has 4 heteroatoms. The van der Waals surface area contributed by atoms with Gasteiger partial charge in [0, 0.05) is 0 Å². The summed E-state index contributed by atoms with van der Waals surface area (Å²) in [6.07, 6.45) is 2.66. The van der Waals surface area contributed by atoms with Gasteiger partial charge in [-0.3, -0.25) is 4.79 Å². The summed E-state index contributed by atoms with van der Waals surface area (Å²) in [5, 5.41) is 8.35. The Balaban J connectivity index is 2.50.